The quantitative estimate of drug-likeness (QED) is 0.872. The van der Waals surface area contributed by atoms with E-state index in [1.807, 2.05) is 6.92 Å². The van der Waals surface area contributed by atoms with E-state index in [4.69, 9.17) is 16.3 Å². The molecule has 1 saturated heterocycles. The fourth-order valence-electron chi connectivity index (χ4n) is 3.36. The highest BCUT2D eigenvalue weighted by Crippen LogP contribution is 2.50. The minimum Gasteiger partial charge on any atom is -0.492 e. The molecule has 3 heteroatoms. The number of hydrogen-bond donors (Lipinski definition) is 1. The van der Waals surface area contributed by atoms with Gasteiger partial charge in [0.15, 0.2) is 0 Å². The highest BCUT2D eigenvalue weighted by Gasteiger charge is 2.41. The number of ether oxygens (including phenoxy) is 1. The largest absolute Gasteiger partial charge is 0.492 e. The fraction of sp³-hybridized carbons (Fsp3) is 0.571. The predicted molar refractivity (Wildman–Crippen MR) is 70.1 cm³/mol. The topological polar surface area (TPSA) is 21.3 Å². The molecule has 1 aromatic carbocycles. The van der Waals surface area contributed by atoms with Gasteiger partial charge in [0.25, 0.3) is 0 Å². The number of hydrogen-bond acceptors (Lipinski definition) is 2. The van der Waals surface area contributed by atoms with Gasteiger partial charge in [0.2, 0.25) is 0 Å². The Morgan fingerprint density at radius 3 is 2.94 bits per heavy atom. The third-order valence-corrected chi connectivity index (χ3v) is 4.53. The summed E-state index contributed by atoms with van der Waals surface area (Å²) in [6.45, 7) is 7.19. The SMILES string of the molecule is CCOc1cc2c(cc1Cl)[C@H](C)[C@@H]1CNC[C@H]21. The van der Waals surface area contributed by atoms with Crippen LogP contribution in [0.25, 0.3) is 0 Å². The molecule has 2 aliphatic rings. The molecule has 3 rings (SSSR count). The standard InChI is InChI=1S/C14H18ClNO/c1-3-17-14-5-10-9(4-13(14)15)8(2)11-6-16-7-12(10)11/h4-5,8,11-12,16H,3,6-7H2,1-2H3/t8-,11-,12+/m0/s1. The van der Waals surface area contributed by atoms with Crippen LogP contribution in [-0.4, -0.2) is 19.7 Å². The first kappa shape index (κ1) is 11.4. The number of fused-ring (bicyclic) bond motifs is 3. The molecule has 17 heavy (non-hydrogen) atoms. The lowest BCUT2D eigenvalue weighted by Crippen LogP contribution is -2.12. The first-order chi connectivity index (χ1) is 8.22. The van der Waals surface area contributed by atoms with Crippen molar-refractivity contribution in [1.29, 1.82) is 0 Å². The van der Waals surface area contributed by atoms with E-state index in [9.17, 15) is 0 Å². The molecule has 1 aromatic rings. The Hall–Kier alpha value is -0.730. The van der Waals surface area contributed by atoms with Crippen LogP contribution in [0.15, 0.2) is 12.1 Å². The van der Waals surface area contributed by atoms with Crippen molar-refractivity contribution in [3.63, 3.8) is 0 Å². The summed E-state index contributed by atoms with van der Waals surface area (Å²) in [7, 11) is 0. The van der Waals surface area contributed by atoms with Crippen molar-refractivity contribution in [2.75, 3.05) is 19.7 Å². The van der Waals surface area contributed by atoms with Gasteiger partial charge < -0.3 is 10.1 Å². The molecule has 0 bridgehead atoms. The first-order valence-corrected chi connectivity index (χ1v) is 6.77. The molecule has 1 aliphatic carbocycles. The summed E-state index contributed by atoms with van der Waals surface area (Å²) >= 11 is 6.27. The zero-order valence-corrected chi connectivity index (χ0v) is 11.1. The van der Waals surface area contributed by atoms with Gasteiger partial charge in [0.1, 0.15) is 5.75 Å². The Balaban J connectivity index is 2.06. The van der Waals surface area contributed by atoms with Crippen LogP contribution < -0.4 is 10.1 Å². The van der Waals surface area contributed by atoms with Crippen LogP contribution in [0.3, 0.4) is 0 Å². The predicted octanol–water partition coefficient (Wildman–Crippen LogP) is 3.16. The lowest BCUT2D eigenvalue weighted by atomic mass is 9.91. The van der Waals surface area contributed by atoms with Gasteiger partial charge in [-0.1, -0.05) is 18.5 Å². The molecular formula is C14H18ClNO. The lowest BCUT2D eigenvalue weighted by molar-refractivity contribution is 0.340. The smallest absolute Gasteiger partial charge is 0.138 e. The number of halogens is 1. The molecule has 0 radical (unpaired) electrons. The summed E-state index contributed by atoms with van der Waals surface area (Å²) in [6.07, 6.45) is 0. The zero-order valence-electron chi connectivity index (χ0n) is 10.3. The van der Waals surface area contributed by atoms with Crippen LogP contribution in [0.5, 0.6) is 5.75 Å². The van der Waals surface area contributed by atoms with E-state index in [0.717, 1.165) is 29.8 Å². The maximum atomic E-state index is 6.27. The van der Waals surface area contributed by atoms with E-state index in [0.29, 0.717) is 18.4 Å². The van der Waals surface area contributed by atoms with Gasteiger partial charge in [-0.15, -0.1) is 0 Å². The van der Waals surface area contributed by atoms with Crippen LogP contribution in [0, 0.1) is 5.92 Å². The number of rotatable bonds is 2. The van der Waals surface area contributed by atoms with Crippen LogP contribution >= 0.6 is 11.6 Å². The Bertz CT molecular complexity index is 446. The molecule has 0 aromatic heterocycles. The van der Waals surface area contributed by atoms with Crippen molar-refractivity contribution in [1.82, 2.24) is 5.32 Å². The van der Waals surface area contributed by atoms with Gasteiger partial charge in [-0.05, 0) is 48.6 Å². The van der Waals surface area contributed by atoms with Gasteiger partial charge in [0, 0.05) is 12.5 Å². The van der Waals surface area contributed by atoms with Crippen LogP contribution in [0.4, 0.5) is 0 Å². The summed E-state index contributed by atoms with van der Waals surface area (Å²) in [6, 6.07) is 4.28. The highest BCUT2D eigenvalue weighted by atomic mass is 35.5. The van der Waals surface area contributed by atoms with Gasteiger partial charge in [-0.25, -0.2) is 0 Å². The third-order valence-electron chi connectivity index (χ3n) is 4.23. The summed E-state index contributed by atoms with van der Waals surface area (Å²) in [4.78, 5) is 0. The van der Waals surface area contributed by atoms with Gasteiger partial charge >= 0.3 is 0 Å². The highest BCUT2D eigenvalue weighted by molar-refractivity contribution is 6.32. The second-order valence-corrected chi connectivity index (χ2v) is 5.47. The Kier molecular flexibility index (Phi) is 2.80. The van der Waals surface area contributed by atoms with Crippen molar-refractivity contribution in [2.45, 2.75) is 25.7 Å². The van der Waals surface area contributed by atoms with E-state index in [-0.39, 0.29) is 0 Å². The van der Waals surface area contributed by atoms with Crippen molar-refractivity contribution in [2.24, 2.45) is 5.92 Å². The van der Waals surface area contributed by atoms with Gasteiger partial charge in [-0.3, -0.25) is 0 Å². The maximum Gasteiger partial charge on any atom is 0.138 e. The second-order valence-electron chi connectivity index (χ2n) is 5.06. The number of benzene rings is 1. The third kappa shape index (κ3) is 1.66. The summed E-state index contributed by atoms with van der Waals surface area (Å²) in [5.74, 6) is 2.83. The molecule has 0 amide bonds. The van der Waals surface area contributed by atoms with E-state index in [2.05, 4.69) is 24.4 Å². The minimum absolute atomic E-state index is 0.609. The number of nitrogens with one attached hydrogen (secondary N) is 1. The molecule has 1 N–H and O–H groups in total. The first-order valence-electron chi connectivity index (χ1n) is 6.39. The summed E-state index contributed by atoms with van der Waals surface area (Å²) in [5, 5.41) is 4.24. The van der Waals surface area contributed by atoms with Gasteiger partial charge in [0.05, 0.1) is 11.6 Å². The van der Waals surface area contributed by atoms with Gasteiger partial charge in [-0.2, -0.15) is 0 Å². The molecule has 0 unspecified atom stereocenters. The molecule has 3 atom stereocenters. The lowest BCUT2D eigenvalue weighted by Gasteiger charge is -2.13. The molecule has 0 saturated carbocycles. The van der Waals surface area contributed by atoms with Crippen molar-refractivity contribution in [3.05, 3.63) is 28.3 Å². The van der Waals surface area contributed by atoms with E-state index >= 15 is 0 Å². The molecule has 1 heterocycles. The van der Waals surface area contributed by atoms with Crippen molar-refractivity contribution >= 4 is 11.6 Å². The average Bonchev–Trinajstić information content (AvgIpc) is 2.86. The zero-order chi connectivity index (χ0) is 12.0. The maximum absolute atomic E-state index is 6.27. The Morgan fingerprint density at radius 2 is 2.18 bits per heavy atom. The summed E-state index contributed by atoms with van der Waals surface area (Å²) in [5.41, 5.74) is 2.87. The van der Waals surface area contributed by atoms with Crippen LogP contribution in [0.2, 0.25) is 5.02 Å². The minimum atomic E-state index is 0.609. The van der Waals surface area contributed by atoms with E-state index < -0.39 is 0 Å². The monoisotopic (exact) mass is 251 g/mol. The summed E-state index contributed by atoms with van der Waals surface area (Å²) < 4.78 is 5.59. The molecule has 0 spiro atoms. The molecule has 2 nitrogen and oxygen atoms in total. The Morgan fingerprint density at radius 1 is 1.35 bits per heavy atom. The molecular weight excluding hydrogens is 234 g/mol. The van der Waals surface area contributed by atoms with Crippen LogP contribution in [-0.2, 0) is 0 Å². The second kappa shape index (κ2) is 4.18. The van der Waals surface area contributed by atoms with E-state index in [1.54, 1.807) is 0 Å². The Labute approximate surface area is 107 Å². The van der Waals surface area contributed by atoms with Crippen molar-refractivity contribution < 1.29 is 4.74 Å². The normalized spacial score (nSPS) is 30.2. The fourth-order valence-corrected chi connectivity index (χ4v) is 3.59. The molecule has 1 aliphatic heterocycles. The van der Waals surface area contributed by atoms with E-state index in [1.165, 1.54) is 11.1 Å². The average molecular weight is 252 g/mol. The van der Waals surface area contributed by atoms with Crippen molar-refractivity contribution in [3.8, 4) is 5.75 Å². The molecule has 1 fully saturated rings. The molecule has 92 valence electrons. The van der Waals surface area contributed by atoms with Crippen LogP contribution in [0.1, 0.15) is 36.8 Å².